The second kappa shape index (κ2) is 3.96. The summed E-state index contributed by atoms with van der Waals surface area (Å²) in [6, 6.07) is 8.41. The molecular formula is C11H15N. The number of anilines is 1. The van der Waals surface area contributed by atoms with Crippen LogP contribution < -0.4 is 5.32 Å². The molecule has 1 aromatic rings. The maximum atomic E-state index is 3.78. The Hall–Kier alpha value is -1.24. The van der Waals surface area contributed by atoms with E-state index in [2.05, 4.69) is 43.1 Å². The molecule has 1 nitrogen and oxygen atoms in total. The molecule has 1 aromatic carbocycles. The lowest BCUT2D eigenvalue weighted by molar-refractivity contribution is 1.14. The third-order valence-electron chi connectivity index (χ3n) is 1.72. The van der Waals surface area contributed by atoms with Crippen molar-refractivity contribution in [3.8, 4) is 0 Å². The summed E-state index contributed by atoms with van der Waals surface area (Å²) in [5.41, 5.74) is 3.45. The summed E-state index contributed by atoms with van der Waals surface area (Å²) in [5, 5.41) is 3.16. The Morgan fingerprint density at radius 3 is 2.33 bits per heavy atom. The highest BCUT2D eigenvalue weighted by atomic mass is 14.9. The molecule has 0 saturated carbocycles. The van der Waals surface area contributed by atoms with Gasteiger partial charge in [0.05, 0.1) is 0 Å². The second-order valence-electron chi connectivity index (χ2n) is 2.96. The van der Waals surface area contributed by atoms with Crippen LogP contribution in [-0.2, 0) is 6.42 Å². The van der Waals surface area contributed by atoms with Crippen LogP contribution in [0.4, 0.5) is 5.69 Å². The van der Waals surface area contributed by atoms with Gasteiger partial charge in [-0.1, -0.05) is 25.6 Å². The van der Waals surface area contributed by atoms with Gasteiger partial charge in [0.2, 0.25) is 0 Å². The molecule has 64 valence electrons. The van der Waals surface area contributed by atoms with Crippen molar-refractivity contribution in [2.75, 3.05) is 5.32 Å². The smallest absolute Gasteiger partial charge is 0.0381 e. The molecule has 0 bridgehead atoms. The monoisotopic (exact) mass is 161 g/mol. The van der Waals surface area contributed by atoms with Gasteiger partial charge in [-0.15, -0.1) is 0 Å². The number of hydrogen-bond acceptors (Lipinski definition) is 1. The summed E-state index contributed by atoms with van der Waals surface area (Å²) in [4.78, 5) is 0. The lowest BCUT2D eigenvalue weighted by Gasteiger charge is -2.05. The van der Waals surface area contributed by atoms with Gasteiger partial charge in [0.15, 0.2) is 0 Å². The number of rotatable bonds is 3. The maximum Gasteiger partial charge on any atom is 0.0381 e. The SMILES string of the molecule is C=C(C)Nc1ccc(CC)cc1. The summed E-state index contributed by atoms with van der Waals surface area (Å²) in [6.07, 6.45) is 1.09. The molecule has 0 spiro atoms. The molecule has 0 heterocycles. The molecule has 1 heteroatoms. The van der Waals surface area contributed by atoms with Crippen LogP contribution in [0.5, 0.6) is 0 Å². The van der Waals surface area contributed by atoms with Gasteiger partial charge in [0, 0.05) is 11.4 Å². The molecule has 0 amide bonds. The van der Waals surface area contributed by atoms with Gasteiger partial charge in [-0.3, -0.25) is 0 Å². The minimum Gasteiger partial charge on any atom is -0.360 e. The Labute approximate surface area is 74.1 Å². The molecule has 0 radical (unpaired) electrons. The Morgan fingerprint density at radius 2 is 1.92 bits per heavy atom. The van der Waals surface area contributed by atoms with Crippen molar-refractivity contribution in [2.24, 2.45) is 0 Å². The molecule has 0 fully saturated rings. The van der Waals surface area contributed by atoms with E-state index in [0.717, 1.165) is 17.8 Å². The Balaban J connectivity index is 2.71. The zero-order valence-electron chi connectivity index (χ0n) is 7.72. The minimum absolute atomic E-state index is 0.972. The largest absolute Gasteiger partial charge is 0.360 e. The predicted molar refractivity (Wildman–Crippen MR) is 54.3 cm³/mol. The van der Waals surface area contributed by atoms with Crippen molar-refractivity contribution in [3.63, 3.8) is 0 Å². The van der Waals surface area contributed by atoms with E-state index in [4.69, 9.17) is 0 Å². The predicted octanol–water partition coefficient (Wildman–Crippen LogP) is 3.19. The lowest BCUT2D eigenvalue weighted by atomic mass is 10.1. The number of hydrogen-bond donors (Lipinski definition) is 1. The van der Waals surface area contributed by atoms with E-state index in [1.165, 1.54) is 5.56 Å². The van der Waals surface area contributed by atoms with Gasteiger partial charge in [0.1, 0.15) is 0 Å². The van der Waals surface area contributed by atoms with E-state index >= 15 is 0 Å². The number of nitrogens with one attached hydrogen (secondary N) is 1. The summed E-state index contributed by atoms with van der Waals surface area (Å²) in [6.45, 7) is 7.89. The van der Waals surface area contributed by atoms with Gasteiger partial charge in [0.25, 0.3) is 0 Å². The third kappa shape index (κ3) is 2.42. The summed E-state index contributed by atoms with van der Waals surface area (Å²) < 4.78 is 0. The van der Waals surface area contributed by atoms with Crippen LogP contribution in [0.15, 0.2) is 36.5 Å². The highest BCUT2D eigenvalue weighted by Gasteiger charge is 1.91. The topological polar surface area (TPSA) is 12.0 Å². The van der Waals surface area contributed by atoms with E-state index in [-0.39, 0.29) is 0 Å². The van der Waals surface area contributed by atoms with Crippen molar-refractivity contribution in [3.05, 3.63) is 42.1 Å². The van der Waals surface area contributed by atoms with Crippen molar-refractivity contribution >= 4 is 5.69 Å². The number of aryl methyl sites for hydroxylation is 1. The average molecular weight is 161 g/mol. The molecule has 0 atom stereocenters. The summed E-state index contributed by atoms with van der Waals surface area (Å²) in [5.74, 6) is 0. The van der Waals surface area contributed by atoms with Crippen molar-refractivity contribution in [1.82, 2.24) is 0 Å². The minimum atomic E-state index is 0.972. The van der Waals surface area contributed by atoms with Crippen LogP contribution in [0.3, 0.4) is 0 Å². The molecule has 1 N–H and O–H groups in total. The van der Waals surface area contributed by atoms with E-state index in [9.17, 15) is 0 Å². The molecule has 0 aromatic heterocycles. The molecule has 0 aliphatic heterocycles. The van der Waals surface area contributed by atoms with Crippen LogP contribution >= 0.6 is 0 Å². The Kier molecular flexibility index (Phi) is 2.92. The van der Waals surface area contributed by atoms with Crippen LogP contribution in [0.1, 0.15) is 19.4 Å². The fourth-order valence-corrected chi connectivity index (χ4v) is 1.07. The van der Waals surface area contributed by atoms with Gasteiger partial charge in [-0.25, -0.2) is 0 Å². The van der Waals surface area contributed by atoms with Crippen LogP contribution in [0.25, 0.3) is 0 Å². The average Bonchev–Trinajstić information content (AvgIpc) is 2.05. The van der Waals surface area contributed by atoms with E-state index in [1.807, 2.05) is 6.92 Å². The first-order valence-corrected chi connectivity index (χ1v) is 4.24. The normalized spacial score (nSPS) is 9.50. The maximum absolute atomic E-state index is 3.78. The first kappa shape index (κ1) is 8.85. The molecule has 0 saturated heterocycles. The van der Waals surface area contributed by atoms with E-state index in [0.29, 0.717) is 0 Å². The van der Waals surface area contributed by atoms with Gasteiger partial charge < -0.3 is 5.32 Å². The lowest BCUT2D eigenvalue weighted by Crippen LogP contribution is -1.93. The molecule has 12 heavy (non-hydrogen) atoms. The number of allylic oxidation sites excluding steroid dienone is 1. The fourth-order valence-electron chi connectivity index (χ4n) is 1.07. The fraction of sp³-hybridized carbons (Fsp3) is 0.273. The zero-order chi connectivity index (χ0) is 8.97. The Bertz CT molecular complexity index is 259. The molecule has 0 unspecified atom stereocenters. The van der Waals surface area contributed by atoms with E-state index < -0.39 is 0 Å². The van der Waals surface area contributed by atoms with Gasteiger partial charge in [-0.05, 0) is 31.0 Å². The van der Waals surface area contributed by atoms with Crippen molar-refractivity contribution in [2.45, 2.75) is 20.3 Å². The highest BCUT2D eigenvalue weighted by molar-refractivity contribution is 5.48. The first-order valence-electron chi connectivity index (χ1n) is 4.24. The molecule has 0 aliphatic rings. The van der Waals surface area contributed by atoms with Gasteiger partial charge in [-0.2, -0.15) is 0 Å². The molecule has 1 rings (SSSR count). The first-order chi connectivity index (χ1) is 5.72. The Morgan fingerprint density at radius 1 is 1.33 bits per heavy atom. The van der Waals surface area contributed by atoms with Crippen molar-refractivity contribution < 1.29 is 0 Å². The molecule has 0 aliphatic carbocycles. The van der Waals surface area contributed by atoms with Crippen molar-refractivity contribution in [1.29, 1.82) is 0 Å². The highest BCUT2D eigenvalue weighted by Crippen LogP contribution is 2.11. The number of benzene rings is 1. The molecular weight excluding hydrogens is 146 g/mol. The van der Waals surface area contributed by atoms with Gasteiger partial charge >= 0.3 is 0 Å². The standard InChI is InChI=1S/C11H15N/c1-4-10-5-7-11(8-6-10)12-9(2)3/h5-8,12H,2,4H2,1,3H3. The third-order valence-corrected chi connectivity index (χ3v) is 1.72. The van der Waals surface area contributed by atoms with E-state index in [1.54, 1.807) is 0 Å². The quantitative estimate of drug-likeness (QED) is 0.717. The zero-order valence-corrected chi connectivity index (χ0v) is 7.72. The van der Waals surface area contributed by atoms with Crippen LogP contribution in [0, 0.1) is 0 Å². The summed E-state index contributed by atoms with van der Waals surface area (Å²) >= 11 is 0. The summed E-state index contributed by atoms with van der Waals surface area (Å²) in [7, 11) is 0. The van der Waals surface area contributed by atoms with Crippen LogP contribution in [0.2, 0.25) is 0 Å². The second-order valence-corrected chi connectivity index (χ2v) is 2.96. The van der Waals surface area contributed by atoms with Crippen LogP contribution in [-0.4, -0.2) is 0 Å².